The molecule has 0 nitrogen and oxygen atoms in total. The molecule has 0 aliphatic heterocycles. The highest BCUT2D eigenvalue weighted by Crippen LogP contribution is 2.46. The Kier molecular flexibility index (Phi) is 2.10. The highest BCUT2D eigenvalue weighted by molar-refractivity contribution is 5.79. The third-order valence-corrected chi connectivity index (χ3v) is 3.62. The Morgan fingerprint density at radius 1 is 0.938 bits per heavy atom. The second-order valence-corrected chi connectivity index (χ2v) is 4.64. The first-order valence-electron chi connectivity index (χ1n) is 6.01. The van der Waals surface area contributed by atoms with Crippen molar-refractivity contribution >= 4 is 0 Å². The highest BCUT2D eigenvalue weighted by Gasteiger charge is 2.26. The van der Waals surface area contributed by atoms with Crippen LogP contribution in [0.5, 0.6) is 0 Å². The minimum absolute atomic E-state index is 0.603. The number of fused-ring (bicyclic) bond motifs is 3. The maximum atomic E-state index is 2.35. The van der Waals surface area contributed by atoms with E-state index in [1.165, 1.54) is 34.2 Å². The van der Waals surface area contributed by atoms with Crippen LogP contribution in [0.3, 0.4) is 0 Å². The molecule has 1 atom stereocenters. The van der Waals surface area contributed by atoms with Crippen LogP contribution in [0.2, 0.25) is 0 Å². The monoisotopic (exact) mass is 208 g/mol. The quantitative estimate of drug-likeness (QED) is 0.646. The predicted octanol–water partition coefficient (Wildman–Crippen LogP) is 4.52. The van der Waals surface area contributed by atoms with Crippen molar-refractivity contribution in [2.75, 3.05) is 0 Å². The van der Waals surface area contributed by atoms with Crippen molar-refractivity contribution in [2.24, 2.45) is 0 Å². The van der Waals surface area contributed by atoms with E-state index in [1.807, 2.05) is 0 Å². The van der Waals surface area contributed by atoms with E-state index in [0.29, 0.717) is 5.92 Å². The van der Waals surface area contributed by atoms with Gasteiger partial charge in [0.2, 0.25) is 0 Å². The van der Waals surface area contributed by atoms with Crippen LogP contribution in [0.25, 0.3) is 11.1 Å². The molecule has 0 saturated carbocycles. The molecule has 0 saturated heterocycles. The third kappa shape index (κ3) is 1.23. The first-order chi connectivity index (χ1) is 7.81. The molecule has 16 heavy (non-hydrogen) atoms. The first kappa shape index (κ1) is 9.65. The van der Waals surface area contributed by atoms with Crippen LogP contribution in [-0.2, 0) is 0 Å². The zero-order chi connectivity index (χ0) is 11.1. The molecule has 1 aliphatic rings. The molecular formula is C16H16. The summed E-state index contributed by atoms with van der Waals surface area (Å²) in [5.41, 5.74) is 7.26. The third-order valence-electron chi connectivity index (χ3n) is 3.62. The van der Waals surface area contributed by atoms with Gasteiger partial charge in [0.1, 0.15) is 0 Å². The van der Waals surface area contributed by atoms with Crippen molar-refractivity contribution in [1.82, 2.24) is 0 Å². The zero-order valence-electron chi connectivity index (χ0n) is 9.83. The van der Waals surface area contributed by atoms with Gasteiger partial charge in [-0.05, 0) is 35.6 Å². The molecule has 0 heteroatoms. The van der Waals surface area contributed by atoms with Gasteiger partial charge in [-0.1, -0.05) is 55.0 Å². The Morgan fingerprint density at radius 2 is 1.69 bits per heavy atom. The number of benzene rings is 2. The molecule has 0 fully saturated rings. The second kappa shape index (κ2) is 3.48. The fourth-order valence-corrected chi connectivity index (χ4v) is 2.87. The maximum Gasteiger partial charge on any atom is 0.00991 e. The molecule has 2 aromatic carbocycles. The Hall–Kier alpha value is -1.56. The lowest BCUT2D eigenvalue weighted by Gasteiger charge is -2.10. The van der Waals surface area contributed by atoms with E-state index in [4.69, 9.17) is 0 Å². The number of aryl methyl sites for hydroxylation is 1. The van der Waals surface area contributed by atoms with E-state index in [9.17, 15) is 0 Å². The fourth-order valence-electron chi connectivity index (χ4n) is 2.87. The summed E-state index contributed by atoms with van der Waals surface area (Å²) in [5, 5.41) is 0. The van der Waals surface area contributed by atoms with Crippen LogP contribution in [0.15, 0.2) is 42.5 Å². The predicted molar refractivity (Wildman–Crippen MR) is 68.7 cm³/mol. The van der Waals surface area contributed by atoms with Gasteiger partial charge >= 0.3 is 0 Å². The van der Waals surface area contributed by atoms with Crippen LogP contribution >= 0.6 is 0 Å². The van der Waals surface area contributed by atoms with Crippen LogP contribution in [0, 0.1) is 6.92 Å². The summed E-state index contributed by atoms with van der Waals surface area (Å²) in [6.07, 6.45) is 1.19. The van der Waals surface area contributed by atoms with Gasteiger partial charge in [0, 0.05) is 5.92 Å². The van der Waals surface area contributed by atoms with Crippen molar-refractivity contribution in [1.29, 1.82) is 0 Å². The zero-order valence-corrected chi connectivity index (χ0v) is 9.83. The summed E-state index contributed by atoms with van der Waals surface area (Å²) in [7, 11) is 0. The van der Waals surface area contributed by atoms with Crippen LogP contribution in [0.1, 0.15) is 36.0 Å². The smallest absolute Gasteiger partial charge is 0.00991 e. The average molecular weight is 208 g/mol. The number of rotatable bonds is 1. The molecule has 0 N–H and O–H groups in total. The highest BCUT2D eigenvalue weighted by atomic mass is 14.3. The molecular weight excluding hydrogens is 192 g/mol. The Morgan fingerprint density at radius 3 is 2.50 bits per heavy atom. The molecule has 80 valence electrons. The van der Waals surface area contributed by atoms with E-state index in [2.05, 4.69) is 56.3 Å². The standard InChI is InChI=1S/C16H16/c1-3-12-13-6-4-5-7-14(13)15-9-8-11(2)10-16(12)15/h4-10,12H,3H2,1-2H3. The summed E-state index contributed by atoms with van der Waals surface area (Å²) in [6.45, 7) is 4.45. The molecule has 3 rings (SSSR count). The largest absolute Gasteiger partial charge is 0.0645 e. The topological polar surface area (TPSA) is 0 Å². The fraction of sp³-hybridized carbons (Fsp3) is 0.250. The SMILES string of the molecule is CCC1c2ccccc2-c2ccc(C)cc21. The molecule has 2 aromatic rings. The molecule has 0 radical (unpaired) electrons. The van der Waals surface area contributed by atoms with E-state index in [0.717, 1.165) is 0 Å². The van der Waals surface area contributed by atoms with E-state index >= 15 is 0 Å². The van der Waals surface area contributed by atoms with Gasteiger partial charge in [0.05, 0.1) is 0 Å². The number of hydrogen-bond donors (Lipinski definition) is 0. The second-order valence-electron chi connectivity index (χ2n) is 4.64. The summed E-state index contributed by atoms with van der Waals surface area (Å²) < 4.78 is 0. The van der Waals surface area contributed by atoms with Gasteiger partial charge in [-0.15, -0.1) is 0 Å². The van der Waals surface area contributed by atoms with Crippen molar-refractivity contribution < 1.29 is 0 Å². The van der Waals surface area contributed by atoms with Gasteiger partial charge in [-0.2, -0.15) is 0 Å². The molecule has 0 aromatic heterocycles. The van der Waals surface area contributed by atoms with Crippen molar-refractivity contribution in [2.45, 2.75) is 26.2 Å². The molecule has 0 heterocycles. The molecule has 1 unspecified atom stereocenters. The maximum absolute atomic E-state index is 2.35. The minimum atomic E-state index is 0.603. The Labute approximate surface area is 96.9 Å². The van der Waals surface area contributed by atoms with Crippen molar-refractivity contribution in [3.63, 3.8) is 0 Å². The van der Waals surface area contributed by atoms with Crippen molar-refractivity contribution in [3.8, 4) is 11.1 Å². The summed E-state index contributed by atoms with van der Waals surface area (Å²) in [6, 6.07) is 15.7. The minimum Gasteiger partial charge on any atom is -0.0645 e. The average Bonchev–Trinajstić information content (AvgIpc) is 2.61. The Bertz CT molecular complexity index is 537. The van der Waals surface area contributed by atoms with Gasteiger partial charge in [0.25, 0.3) is 0 Å². The lowest BCUT2D eigenvalue weighted by atomic mass is 9.94. The van der Waals surface area contributed by atoms with Gasteiger partial charge < -0.3 is 0 Å². The van der Waals surface area contributed by atoms with Gasteiger partial charge in [0.15, 0.2) is 0 Å². The molecule has 0 spiro atoms. The normalized spacial score (nSPS) is 17.0. The lowest BCUT2D eigenvalue weighted by molar-refractivity contribution is 0.796. The molecule has 0 amide bonds. The summed E-state index contributed by atoms with van der Waals surface area (Å²) in [5.74, 6) is 0.603. The number of hydrogen-bond acceptors (Lipinski definition) is 0. The van der Waals surface area contributed by atoms with E-state index in [-0.39, 0.29) is 0 Å². The Balaban J connectivity index is 2.29. The van der Waals surface area contributed by atoms with Crippen LogP contribution in [0.4, 0.5) is 0 Å². The van der Waals surface area contributed by atoms with Gasteiger partial charge in [-0.25, -0.2) is 0 Å². The van der Waals surface area contributed by atoms with Crippen LogP contribution in [-0.4, -0.2) is 0 Å². The summed E-state index contributed by atoms with van der Waals surface area (Å²) in [4.78, 5) is 0. The van der Waals surface area contributed by atoms with Crippen LogP contribution < -0.4 is 0 Å². The molecule has 1 aliphatic carbocycles. The van der Waals surface area contributed by atoms with E-state index < -0.39 is 0 Å². The van der Waals surface area contributed by atoms with Gasteiger partial charge in [-0.3, -0.25) is 0 Å². The molecule has 0 bridgehead atoms. The van der Waals surface area contributed by atoms with E-state index in [1.54, 1.807) is 0 Å². The summed E-state index contributed by atoms with van der Waals surface area (Å²) >= 11 is 0. The lowest BCUT2D eigenvalue weighted by Crippen LogP contribution is -1.94. The van der Waals surface area contributed by atoms with Crippen molar-refractivity contribution in [3.05, 3.63) is 59.2 Å². The first-order valence-corrected chi connectivity index (χ1v) is 6.01.